The van der Waals surface area contributed by atoms with Gasteiger partial charge in [0.25, 0.3) is 0 Å². The Morgan fingerprint density at radius 1 is 1.27 bits per heavy atom. The van der Waals surface area contributed by atoms with Gasteiger partial charge < -0.3 is 9.45 Å². The third-order valence-electron chi connectivity index (χ3n) is 3.52. The second kappa shape index (κ2) is 4.27. The normalized spacial score (nSPS) is 34.1. The van der Waals surface area contributed by atoms with Gasteiger partial charge in [-0.3, -0.25) is 0 Å². The van der Waals surface area contributed by atoms with Crippen LogP contribution in [0.4, 0.5) is 0 Å². The van der Waals surface area contributed by atoms with Crippen molar-refractivity contribution >= 4 is 10.3 Å². The molecule has 0 saturated heterocycles. The van der Waals surface area contributed by atoms with Gasteiger partial charge in [-0.2, -0.15) is 0 Å². The van der Waals surface area contributed by atoms with Crippen LogP contribution in [0.2, 0.25) is 0 Å². The second-order valence-electron chi connectivity index (χ2n) is 5.79. The summed E-state index contributed by atoms with van der Waals surface area (Å²) in [5.74, 6) is 0. The van der Waals surface area contributed by atoms with Crippen LogP contribution >= 0.6 is 10.3 Å². The Labute approximate surface area is 96.6 Å². The Morgan fingerprint density at radius 2 is 1.80 bits per heavy atom. The molecule has 0 bridgehead atoms. The van der Waals surface area contributed by atoms with Gasteiger partial charge in [-0.05, 0) is 26.9 Å². The molecule has 0 aromatic heterocycles. The maximum Gasteiger partial charge on any atom is 0.0381 e. The van der Waals surface area contributed by atoms with Crippen molar-refractivity contribution in [2.75, 3.05) is 14.1 Å². The molecule has 90 valence electrons. The molecule has 0 aromatic rings. The molecular weight excluding hydrogens is 206 g/mol. The van der Waals surface area contributed by atoms with Crippen molar-refractivity contribution in [2.24, 2.45) is 0 Å². The summed E-state index contributed by atoms with van der Waals surface area (Å²) in [6, 6.07) is 0.453. The van der Waals surface area contributed by atoms with Crippen LogP contribution in [0.15, 0.2) is 0 Å². The average Bonchev–Trinajstić information content (AvgIpc) is 2.48. The molecule has 3 unspecified atom stereocenters. The van der Waals surface area contributed by atoms with Crippen LogP contribution in [0.1, 0.15) is 40.0 Å². The van der Waals surface area contributed by atoms with Gasteiger partial charge in [0.2, 0.25) is 0 Å². The van der Waals surface area contributed by atoms with E-state index in [0.29, 0.717) is 6.04 Å². The van der Waals surface area contributed by atoms with Crippen LogP contribution in [0, 0.1) is 6.26 Å². The number of rotatable bonds is 2. The zero-order valence-electron chi connectivity index (χ0n) is 10.7. The fraction of sp³-hybridized carbons (Fsp3) is 0.917. The Morgan fingerprint density at radius 3 is 2.20 bits per heavy atom. The van der Waals surface area contributed by atoms with E-state index < -0.39 is 10.3 Å². The molecule has 0 aliphatic heterocycles. The summed E-state index contributed by atoms with van der Waals surface area (Å²) in [6.45, 7) is 6.15. The summed E-state index contributed by atoms with van der Waals surface area (Å²) in [6.07, 6.45) is 9.67. The largest absolute Gasteiger partial charge is 0.350 e. The van der Waals surface area contributed by atoms with Crippen LogP contribution < -0.4 is 0 Å². The van der Waals surface area contributed by atoms with Gasteiger partial charge in [0.1, 0.15) is 0 Å². The summed E-state index contributed by atoms with van der Waals surface area (Å²) in [7, 11) is 2.16. The Balaban J connectivity index is 2.87. The molecule has 1 aliphatic rings. The molecule has 15 heavy (non-hydrogen) atoms. The molecule has 1 N–H and O–H groups in total. The molecule has 1 aliphatic carbocycles. The monoisotopic (exact) mass is 231 g/mol. The predicted octanol–water partition coefficient (Wildman–Crippen LogP) is 3.21. The van der Waals surface area contributed by atoms with E-state index >= 15 is 0 Å². The van der Waals surface area contributed by atoms with E-state index in [1.165, 1.54) is 12.8 Å². The minimum Gasteiger partial charge on any atom is -0.350 e. The molecule has 0 aromatic carbocycles. The van der Waals surface area contributed by atoms with Crippen LogP contribution in [0.25, 0.3) is 0 Å². The topological polar surface area (TPSA) is 23.5 Å². The first-order valence-electron chi connectivity index (χ1n) is 5.66. The molecule has 2 radical (unpaired) electrons. The highest BCUT2D eigenvalue weighted by Gasteiger charge is 2.44. The van der Waals surface area contributed by atoms with Gasteiger partial charge in [-0.15, -0.1) is 10.3 Å². The summed E-state index contributed by atoms with van der Waals surface area (Å²) in [4.78, 5) is 2.22. The fourth-order valence-electron chi connectivity index (χ4n) is 2.37. The molecule has 2 nitrogen and oxygen atoms in total. The van der Waals surface area contributed by atoms with Gasteiger partial charge in [-0.25, -0.2) is 0 Å². The van der Waals surface area contributed by atoms with E-state index in [-0.39, 0.29) is 10.00 Å². The SMILES string of the molecule is [CH]S(O)(C1CCCC1N(C)C)C(C)(C)C. The van der Waals surface area contributed by atoms with E-state index in [1.54, 1.807) is 0 Å². The highest BCUT2D eigenvalue weighted by Crippen LogP contribution is 2.62. The van der Waals surface area contributed by atoms with Gasteiger partial charge in [0, 0.05) is 22.3 Å². The van der Waals surface area contributed by atoms with Crippen LogP contribution in [0.5, 0.6) is 0 Å². The van der Waals surface area contributed by atoms with Crippen LogP contribution in [-0.2, 0) is 0 Å². The summed E-state index contributed by atoms with van der Waals surface area (Å²) in [5.41, 5.74) is 0. The van der Waals surface area contributed by atoms with Crippen molar-refractivity contribution in [3.8, 4) is 0 Å². The molecule has 1 fully saturated rings. The van der Waals surface area contributed by atoms with E-state index in [2.05, 4.69) is 19.0 Å². The van der Waals surface area contributed by atoms with Crippen molar-refractivity contribution in [3.05, 3.63) is 6.26 Å². The van der Waals surface area contributed by atoms with Crippen LogP contribution in [0.3, 0.4) is 0 Å². The van der Waals surface area contributed by atoms with E-state index in [4.69, 9.17) is 6.26 Å². The Kier molecular flexibility index (Phi) is 3.79. The van der Waals surface area contributed by atoms with Crippen molar-refractivity contribution in [2.45, 2.75) is 56.1 Å². The molecule has 3 atom stereocenters. The lowest BCUT2D eigenvalue weighted by Gasteiger charge is -2.49. The third kappa shape index (κ3) is 2.51. The summed E-state index contributed by atoms with van der Waals surface area (Å²) >= 11 is 0. The smallest absolute Gasteiger partial charge is 0.0381 e. The molecule has 0 heterocycles. The van der Waals surface area contributed by atoms with Crippen LogP contribution in [-0.4, -0.2) is 39.6 Å². The number of hydrogen-bond acceptors (Lipinski definition) is 2. The zero-order valence-corrected chi connectivity index (χ0v) is 11.5. The first-order chi connectivity index (χ1) is 6.68. The number of hydrogen-bond donors (Lipinski definition) is 1. The maximum atomic E-state index is 10.6. The van der Waals surface area contributed by atoms with Crippen molar-refractivity contribution in [3.63, 3.8) is 0 Å². The Bertz CT molecular complexity index is 220. The quantitative estimate of drug-likeness (QED) is 0.789. The van der Waals surface area contributed by atoms with E-state index in [9.17, 15) is 4.55 Å². The Hall–Kier alpha value is 0.270. The molecule has 0 spiro atoms. The fourth-order valence-corrected chi connectivity index (χ4v) is 4.66. The standard InChI is InChI=1S/C12H25NOS/c1-12(2,3)15(6,14)11-9-7-8-10(11)13(4)5/h6,10-11,14H,7-9H2,1-5H3. The van der Waals surface area contributed by atoms with Gasteiger partial charge in [0.05, 0.1) is 0 Å². The van der Waals surface area contributed by atoms with E-state index in [0.717, 1.165) is 6.42 Å². The van der Waals surface area contributed by atoms with Gasteiger partial charge in [0.15, 0.2) is 0 Å². The lowest BCUT2D eigenvalue weighted by Crippen LogP contribution is -2.42. The summed E-state index contributed by atoms with van der Waals surface area (Å²) in [5, 5.41) is 0.271. The maximum absolute atomic E-state index is 10.6. The van der Waals surface area contributed by atoms with Crippen molar-refractivity contribution in [1.29, 1.82) is 0 Å². The molecule has 3 heteroatoms. The zero-order chi connectivity index (χ0) is 11.9. The molecule has 0 amide bonds. The first-order valence-corrected chi connectivity index (χ1v) is 7.38. The minimum absolute atomic E-state index is 0.184. The molecular formula is C12H25NOS. The number of nitrogens with zero attached hydrogens (tertiary/aromatic N) is 1. The summed E-state index contributed by atoms with van der Waals surface area (Å²) < 4.78 is 10.4. The predicted molar refractivity (Wildman–Crippen MR) is 69.4 cm³/mol. The molecule has 1 rings (SSSR count). The van der Waals surface area contributed by atoms with Gasteiger partial charge in [-0.1, -0.05) is 27.2 Å². The highest BCUT2D eigenvalue weighted by molar-refractivity contribution is 8.31. The lowest BCUT2D eigenvalue weighted by atomic mass is 10.2. The first kappa shape index (κ1) is 13.3. The minimum atomic E-state index is -2.01. The average molecular weight is 231 g/mol. The van der Waals surface area contributed by atoms with Crippen molar-refractivity contribution < 1.29 is 4.55 Å². The van der Waals surface area contributed by atoms with Gasteiger partial charge >= 0.3 is 0 Å². The highest BCUT2D eigenvalue weighted by atomic mass is 32.3. The second-order valence-corrected chi connectivity index (χ2v) is 8.96. The van der Waals surface area contributed by atoms with E-state index in [1.807, 2.05) is 20.8 Å². The molecule has 1 saturated carbocycles. The third-order valence-corrected chi connectivity index (χ3v) is 6.96. The van der Waals surface area contributed by atoms with Crippen molar-refractivity contribution in [1.82, 2.24) is 4.90 Å². The lowest BCUT2D eigenvalue weighted by molar-refractivity contribution is 0.298.